The van der Waals surface area contributed by atoms with Crippen LogP contribution in [-0.2, 0) is 0 Å². The lowest BCUT2D eigenvalue weighted by molar-refractivity contribution is 0.163. The summed E-state index contributed by atoms with van der Waals surface area (Å²) >= 11 is 0. The summed E-state index contributed by atoms with van der Waals surface area (Å²) in [4.78, 5) is 2.67. The van der Waals surface area contributed by atoms with E-state index in [4.69, 9.17) is 4.74 Å². The van der Waals surface area contributed by atoms with Gasteiger partial charge in [-0.15, -0.1) is 0 Å². The number of rotatable bonds is 7. The molecule has 1 saturated heterocycles. The Balaban J connectivity index is 1.98. The molecule has 3 heteroatoms. The molecule has 1 atom stereocenters. The maximum Gasteiger partial charge on any atom is 0.126 e. The zero-order valence-corrected chi connectivity index (χ0v) is 15.1. The minimum Gasteiger partial charge on any atom is -0.496 e. The van der Waals surface area contributed by atoms with Crippen molar-refractivity contribution in [3.05, 3.63) is 42.0 Å². The van der Waals surface area contributed by atoms with E-state index in [9.17, 15) is 0 Å². The topological polar surface area (TPSA) is 24.5 Å². The minimum absolute atomic E-state index is 0.509. The van der Waals surface area contributed by atoms with Crippen LogP contribution in [-0.4, -0.2) is 38.2 Å². The SMILES string of the molecule is CCCCC[C@@H](c1ccc(OC)c2ccccc12)N1CCNCC1. The second-order valence-corrected chi connectivity index (χ2v) is 6.70. The van der Waals surface area contributed by atoms with Crippen LogP contribution in [0.5, 0.6) is 5.75 Å². The molecule has 0 amide bonds. The first-order chi connectivity index (χ1) is 11.8. The molecule has 1 N–H and O–H groups in total. The molecule has 1 fully saturated rings. The number of hydrogen-bond acceptors (Lipinski definition) is 3. The van der Waals surface area contributed by atoms with Gasteiger partial charge in [0.05, 0.1) is 7.11 Å². The van der Waals surface area contributed by atoms with E-state index >= 15 is 0 Å². The van der Waals surface area contributed by atoms with Crippen molar-refractivity contribution in [2.45, 2.75) is 38.6 Å². The quantitative estimate of drug-likeness (QED) is 0.764. The van der Waals surface area contributed by atoms with Gasteiger partial charge in [-0.1, -0.05) is 56.5 Å². The maximum absolute atomic E-state index is 5.58. The summed E-state index contributed by atoms with van der Waals surface area (Å²) < 4.78 is 5.58. The van der Waals surface area contributed by atoms with Crippen molar-refractivity contribution < 1.29 is 4.74 Å². The van der Waals surface area contributed by atoms with E-state index < -0.39 is 0 Å². The van der Waals surface area contributed by atoms with Gasteiger partial charge in [-0.3, -0.25) is 4.90 Å². The van der Waals surface area contributed by atoms with E-state index in [2.05, 4.69) is 53.5 Å². The Kier molecular flexibility index (Phi) is 6.11. The van der Waals surface area contributed by atoms with Gasteiger partial charge in [0.15, 0.2) is 0 Å². The normalized spacial score (nSPS) is 17.1. The molecule has 0 spiro atoms. The summed E-state index contributed by atoms with van der Waals surface area (Å²) in [5.41, 5.74) is 1.46. The summed E-state index contributed by atoms with van der Waals surface area (Å²) in [6, 6.07) is 13.6. The zero-order valence-electron chi connectivity index (χ0n) is 15.1. The fraction of sp³-hybridized carbons (Fsp3) is 0.524. The summed E-state index contributed by atoms with van der Waals surface area (Å²) in [6.45, 7) is 6.74. The molecule has 130 valence electrons. The van der Waals surface area contributed by atoms with Crippen LogP contribution >= 0.6 is 0 Å². The number of piperazine rings is 1. The second kappa shape index (κ2) is 8.50. The van der Waals surface area contributed by atoms with Crippen molar-refractivity contribution in [1.82, 2.24) is 10.2 Å². The molecule has 2 aromatic carbocycles. The van der Waals surface area contributed by atoms with Crippen molar-refractivity contribution in [3.8, 4) is 5.75 Å². The number of hydrogen-bond donors (Lipinski definition) is 1. The Morgan fingerprint density at radius 2 is 1.79 bits per heavy atom. The number of nitrogens with one attached hydrogen (secondary N) is 1. The van der Waals surface area contributed by atoms with Crippen molar-refractivity contribution >= 4 is 10.8 Å². The third kappa shape index (κ3) is 3.73. The van der Waals surface area contributed by atoms with Crippen LogP contribution in [0.3, 0.4) is 0 Å². The van der Waals surface area contributed by atoms with Crippen LogP contribution in [0, 0.1) is 0 Å². The predicted molar refractivity (Wildman–Crippen MR) is 102 cm³/mol. The number of unbranched alkanes of at least 4 members (excludes halogenated alkanes) is 2. The monoisotopic (exact) mass is 326 g/mol. The second-order valence-electron chi connectivity index (χ2n) is 6.70. The van der Waals surface area contributed by atoms with E-state index in [-0.39, 0.29) is 0 Å². The Morgan fingerprint density at radius 1 is 1.04 bits per heavy atom. The Morgan fingerprint density at radius 3 is 2.50 bits per heavy atom. The highest BCUT2D eigenvalue weighted by Gasteiger charge is 2.23. The number of benzene rings is 2. The summed E-state index contributed by atoms with van der Waals surface area (Å²) in [5.74, 6) is 0.974. The highest BCUT2D eigenvalue weighted by Crippen LogP contribution is 2.36. The third-order valence-corrected chi connectivity index (χ3v) is 5.17. The van der Waals surface area contributed by atoms with Crippen molar-refractivity contribution in [2.75, 3.05) is 33.3 Å². The smallest absolute Gasteiger partial charge is 0.126 e. The fourth-order valence-electron chi connectivity index (χ4n) is 3.88. The molecule has 24 heavy (non-hydrogen) atoms. The summed E-state index contributed by atoms with van der Waals surface area (Å²) in [6.07, 6.45) is 5.13. The first-order valence-corrected chi connectivity index (χ1v) is 9.35. The third-order valence-electron chi connectivity index (χ3n) is 5.17. The molecule has 0 saturated carbocycles. The Labute approximate surface area is 146 Å². The number of methoxy groups -OCH3 is 1. The van der Waals surface area contributed by atoms with Crippen LogP contribution in [0.4, 0.5) is 0 Å². The van der Waals surface area contributed by atoms with E-state index in [1.807, 2.05) is 0 Å². The van der Waals surface area contributed by atoms with Crippen LogP contribution in [0.1, 0.15) is 44.2 Å². The van der Waals surface area contributed by atoms with Gasteiger partial charge in [-0.25, -0.2) is 0 Å². The molecule has 3 rings (SSSR count). The predicted octanol–water partition coefficient (Wildman–Crippen LogP) is 4.38. The van der Waals surface area contributed by atoms with Gasteiger partial charge >= 0.3 is 0 Å². The number of ether oxygens (including phenoxy) is 1. The van der Waals surface area contributed by atoms with Crippen molar-refractivity contribution in [3.63, 3.8) is 0 Å². The molecule has 0 radical (unpaired) electrons. The lowest BCUT2D eigenvalue weighted by atomic mass is 9.93. The maximum atomic E-state index is 5.58. The molecule has 1 aliphatic rings. The Hall–Kier alpha value is -1.58. The highest BCUT2D eigenvalue weighted by molar-refractivity contribution is 5.91. The van der Waals surface area contributed by atoms with Crippen molar-refractivity contribution in [2.24, 2.45) is 0 Å². The number of fused-ring (bicyclic) bond motifs is 1. The molecule has 3 nitrogen and oxygen atoms in total. The molecule has 0 bridgehead atoms. The molecular weight excluding hydrogens is 296 g/mol. The van der Waals surface area contributed by atoms with E-state index in [0.29, 0.717) is 6.04 Å². The fourth-order valence-corrected chi connectivity index (χ4v) is 3.88. The molecule has 1 heterocycles. The lowest BCUT2D eigenvalue weighted by Gasteiger charge is -2.36. The van der Waals surface area contributed by atoms with Crippen molar-refractivity contribution in [1.29, 1.82) is 0 Å². The minimum atomic E-state index is 0.509. The van der Waals surface area contributed by atoms with Gasteiger partial charge in [-0.05, 0) is 23.4 Å². The molecule has 1 aliphatic heterocycles. The molecule has 2 aromatic rings. The van der Waals surface area contributed by atoms with Gasteiger partial charge in [0.2, 0.25) is 0 Å². The van der Waals surface area contributed by atoms with Crippen LogP contribution in [0.2, 0.25) is 0 Å². The first-order valence-electron chi connectivity index (χ1n) is 9.35. The average molecular weight is 326 g/mol. The van der Waals surface area contributed by atoms with Crippen LogP contribution < -0.4 is 10.1 Å². The van der Waals surface area contributed by atoms with Gasteiger partial charge in [0.25, 0.3) is 0 Å². The summed E-state index contributed by atoms with van der Waals surface area (Å²) in [7, 11) is 1.76. The van der Waals surface area contributed by atoms with Gasteiger partial charge in [-0.2, -0.15) is 0 Å². The first kappa shape index (κ1) is 17.2. The van der Waals surface area contributed by atoms with E-state index in [1.54, 1.807) is 7.11 Å². The standard InChI is InChI=1S/C21H30N2O/c1-3-4-5-10-20(23-15-13-22-14-16-23)18-11-12-21(24-2)19-9-7-6-8-17(18)19/h6-9,11-12,20,22H,3-5,10,13-16H2,1-2H3/t20-/m0/s1. The Bertz CT molecular complexity index is 649. The largest absolute Gasteiger partial charge is 0.496 e. The molecule has 0 aliphatic carbocycles. The van der Waals surface area contributed by atoms with E-state index in [0.717, 1.165) is 31.9 Å². The van der Waals surface area contributed by atoms with Gasteiger partial charge in [0, 0.05) is 37.6 Å². The molecule has 0 aromatic heterocycles. The van der Waals surface area contributed by atoms with Gasteiger partial charge in [0.1, 0.15) is 5.75 Å². The molecule has 0 unspecified atom stereocenters. The molecular formula is C21H30N2O. The zero-order chi connectivity index (χ0) is 16.8. The van der Waals surface area contributed by atoms with Crippen LogP contribution in [0.15, 0.2) is 36.4 Å². The van der Waals surface area contributed by atoms with E-state index in [1.165, 1.54) is 42.0 Å². The number of nitrogens with zero attached hydrogens (tertiary/aromatic N) is 1. The summed E-state index contributed by atoms with van der Waals surface area (Å²) in [5, 5.41) is 6.06. The average Bonchev–Trinajstić information content (AvgIpc) is 2.65. The van der Waals surface area contributed by atoms with Crippen LogP contribution in [0.25, 0.3) is 10.8 Å². The lowest BCUT2D eigenvalue weighted by Crippen LogP contribution is -2.45. The van der Waals surface area contributed by atoms with Gasteiger partial charge < -0.3 is 10.1 Å². The highest BCUT2D eigenvalue weighted by atomic mass is 16.5.